The molecule has 0 aliphatic rings. The van der Waals surface area contributed by atoms with E-state index >= 15 is 0 Å². The second kappa shape index (κ2) is 39.4. The van der Waals surface area contributed by atoms with E-state index in [2.05, 4.69) is 79.9 Å². The van der Waals surface area contributed by atoms with Gasteiger partial charge in [0, 0.05) is 6.42 Å². The summed E-state index contributed by atoms with van der Waals surface area (Å²) < 4.78 is 23.1. The number of carbonyl (C=O) groups excluding carboxylic acids is 1. The molecule has 0 rings (SSSR count). The molecule has 9 heteroatoms. The zero-order chi connectivity index (χ0) is 42.1. The van der Waals surface area contributed by atoms with Crippen LogP contribution in [0.25, 0.3) is 0 Å². The van der Waals surface area contributed by atoms with Gasteiger partial charge in [-0.3, -0.25) is 9.36 Å². The molecule has 0 saturated carbocycles. The maximum atomic E-state index is 12.8. The van der Waals surface area contributed by atoms with Crippen molar-refractivity contribution in [3.8, 4) is 0 Å². The Hall–Kier alpha value is -2.06. The van der Waals surface area contributed by atoms with Crippen LogP contribution in [-0.2, 0) is 18.4 Å². The molecule has 2 N–H and O–H groups in total. The van der Waals surface area contributed by atoms with Gasteiger partial charge in [-0.05, 0) is 70.6 Å². The number of amides is 1. The fourth-order valence-corrected chi connectivity index (χ4v) is 6.76. The van der Waals surface area contributed by atoms with Crippen molar-refractivity contribution in [1.29, 1.82) is 0 Å². The monoisotopic (exact) mass is 819 g/mol. The predicted octanol–water partition coefficient (Wildman–Crippen LogP) is 12.2. The minimum Gasteiger partial charge on any atom is -0.756 e. The summed E-state index contributed by atoms with van der Waals surface area (Å²) in [5, 5.41) is 13.7. The van der Waals surface area contributed by atoms with Crippen LogP contribution < -0.4 is 10.2 Å². The summed E-state index contributed by atoms with van der Waals surface area (Å²) in [5.74, 6) is -0.216. The van der Waals surface area contributed by atoms with Gasteiger partial charge >= 0.3 is 0 Å². The van der Waals surface area contributed by atoms with Crippen molar-refractivity contribution in [3.63, 3.8) is 0 Å². The van der Waals surface area contributed by atoms with Crippen LogP contribution in [0.1, 0.15) is 174 Å². The molecule has 0 aromatic rings. The van der Waals surface area contributed by atoms with Gasteiger partial charge < -0.3 is 28.8 Å². The molecule has 0 aliphatic heterocycles. The molecule has 3 atom stereocenters. The van der Waals surface area contributed by atoms with E-state index in [1.165, 1.54) is 89.9 Å². The van der Waals surface area contributed by atoms with E-state index in [1.807, 2.05) is 27.2 Å². The lowest BCUT2D eigenvalue weighted by molar-refractivity contribution is -0.870. The molecule has 330 valence electrons. The normalized spacial score (nSPS) is 15.0. The zero-order valence-electron chi connectivity index (χ0n) is 37.3. The fourth-order valence-electron chi connectivity index (χ4n) is 6.04. The number of phosphoric ester groups is 1. The molecule has 1 amide bonds. The molecule has 8 nitrogen and oxygen atoms in total. The van der Waals surface area contributed by atoms with Gasteiger partial charge in [0.1, 0.15) is 13.2 Å². The third-order valence-electron chi connectivity index (χ3n) is 9.65. The van der Waals surface area contributed by atoms with Crippen molar-refractivity contribution in [1.82, 2.24) is 5.32 Å². The molecule has 0 fully saturated rings. The molecule has 0 bridgehead atoms. The van der Waals surface area contributed by atoms with Crippen molar-refractivity contribution in [2.24, 2.45) is 0 Å². The molecule has 0 aromatic carbocycles. The van der Waals surface area contributed by atoms with Crippen molar-refractivity contribution in [2.75, 3.05) is 40.9 Å². The highest BCUT2D eigenvalue weighted by Gasteiger charge is 2.23. The lowest BCUT2D eigenvalue weighted by Crippen LogP contribution is -2.45. The lowest BCUT2D eigenvalue weighted by atomic mass is 10.0. The largest absolute Gasteiger partial charge is 0.756 e. The van der Waals surface area contributed by atoms with Crippen LogP contribution in [0.15, 0.2) is 72.9 Å². The van der Waals surface area contributed by atoms with Gasteiger partial charge in [0.2, 0.25) is 5.91 Å². The number of quaternary nitrogens is 1. The van der Waals surface area contributed by atoms with E-state index in [0.717, 1.165) is 64.2 Å². The Morgan fingerprint density at radius 3 is 1.63 bits per heavy atom. The van der Waals surface area contributed by atoms with E-state index in [-0.39, 0.29) is 12.5 Å². The smallest absolute Gasteiger partial charge is 0.268 e. The maximum Gasteiger partial charge on any atom is 0.268 e. The highest BCUT2D eigenvalue weighted by Crippen LogP contribution is 2.38. The number of phosphoric acid groups is 1. The van der Waals surface area contributed by atoms with Gasteiger partial charge in [0.15, 0.2) is 0 Å². The summed E-state index contributed by atoms with van der Waals surface area (Å²) in [6.45, 7) is 4.45. The molecule has 3 unspecified atom stereocenters. The van der Waals surface area contributed by atoms with Crippen LogP contribution in [-0.4, -0.2) is 68.5 Å². The number of nitrogens with zero attached hydrogens (tertiary/aromatic N) is 1. The quantitative estimate of drug-likeness (QED) is 0.0276. The number of allylic oxidation sites excluding steroid dienone is 11. The standard InChI is InChI=1S/C48H87N2O6P/c1-6-8-10-12-14-16-18-19-20-21-22-23-24-25-26-27-28-29-30-31-32-34-36-38-40-42-48(52)49-46(45-56-57(53,54)55-44-43-50(3,4)5)47(51)41-39-37-35-33-17-15-13-11-9-7-2/h8,10,14,16-17,19-20,22-23,33,39,41,46-47,51H,6-7,9,11-13,15,18,21,24-32,34-38,40,42-45H2,1-5H3,(H-,49,52,53,54)/b10-8-,16-14-,20-19-,23-22-,33-17+,41-39+. The Kier molecular flexibility index (Phi) is 38.0. The topological polar surface area (TPSA) is 108 Å². The summed E-state index contributed by atoms with van der Waals surface area (Å²) >= 11 is 0. The van der Waals surface area contributed by atoms with Crippen molar-refractivity contribution < 1.29 is 32.9 Å². The summed E-state index contributed by atoms with van der Waals surface area (Å²) in [6.07, 6.45) is 52.5. The van der Waals surface area contributed by atoms with Crippen LogP contribution in [0, 0.1) is 0 Å². The Bertz CT molecular complexity index is 1160. The van der Waals surface area contributed by atoms with Crippen LogP contribution >= 0.6 is 7.82 Å². The van der Waals surface area contributed by atoms with Crippen molar-refractivity contribution in [2.45, 2.75) is 187 Å². The minimum absolute atomic E-state index is 0.00983. The fraction of sp³-hybridized carbons (Fsp3) is 0.729. The van der Waals surface area contributed by atoms with Gasteiger partial charge in [-0.2, -0.15) is 0 Å². The number of likely N-dealkylation sites (N-methyl/N-ethyl adjacent to an activating group) is 1. The van der Waals surface area contributed by atoms with Crippen LogP contribution in [0.3, 0.4) is 0 Å². The molecule has 0 aliphatic carbocycles. The molecule has 0 radical (unpaired) electrons. The summed E-state index contributed by atoms with van der Waals surface area (Å²) in [7, 11) is 1.23. The minimum atomic E-state index is -4.59. The van der Waals surface area contributed by atoms with Gasteiger partial charge in [-0.1, -0.05) is 170 Å². The van der Waals surface area contributed by atoms with Gasteiger partial charge in [0.05, 0.1) is 39.9 Å². The average Bonchev–Trinajstić information content (AvgIpc) is 3.16. The van der Waals surface area contributed by atoms with E-state index in [1.54, 1.807) is 6.08 Å². The molecule has 0 heterocycles. The first kappa shape index (κ1) is 54.9. The van der Waals surface area contributed by atoms with Crippen molar-refractivity contribution in [3.05, 3.63) is 72.9 Å². The first-order chi connectivity index (χ1) is 27.5. The highest BCUT2D eigenvalue weighted by atomic mass is 31.2. The Balaban J connectivity index is 4.24. The number of hydrogen-bond donors (Lipinski definition) is 2. The van der Waals surface area contributed by atoms with E-state index in [4.69, 9.17) is 9.05 Å². The number of hydrogen-bond acceptors (Lipinski definition) is 6. The number of rotatable bonds is 40. The number of nitrogens with one attached hydrogen (secondary N) is 1. The summed E-state index contributed by atoms with van der Waals surface area (Å²) in [6, 6.07) is -0.905. The average molecular weight is 819 g/mol. The van der Waals surface area contributed by atoms with E-state index in [9.17, 15) is 19.4 Å². The van der Waals surface area contributed by atoms with Gasteiger partial charge in [-0.25, -0.2) is 0 Å². The number of aliphatic hydroxyl groups is 1. The SMILES string of the molecule is CC/C=C\C/C=C\C/C=C\C/C=C\CCCCCCCCCCCCCCC(=O)NC(COP(=O)([O-])OCC[N+](C)(C)C)C(O)/C=C/CC/C=C/CCCCCC. The molecule has 57 heavy (non-hydrogen) atoms. The van der Waals surface area contributed by atoms with Crippen molar-refractivity contribution >= 4 is 13.7 Å². The van der Waals surface area contributed by atoms with Gasteiger partial charge in [-0.15, -0.1) is 0 Å². The molecule has 0 spiro atoms. The van der Waals surface area contributed by atoms with Crippen LogP contribution in [0.4, 0.5) is 0 Å². The van der Waals surface area contributed by atoms with E-state index in [0.29, 0.717) is 17.4 Å². The number of carbonyl (C=O) groups is 1. The Labute approximate surface area is 351 Å². The molecule has 0 saturated heterocycles. The second-order valence-electron chi connectivity index (χ2n) is 16.4. The molecule has 0 aromatic heterocycles. The number of unbranched alkanes of at least 4 members (excludes halogenated alkanes) is 17. The molecular weight excluding hydrogens is 732 g/mol. The predicted molar refractivity (Wildman–Crippen MR) is 242 cm³/mol. The summed E-state index contributed by atoms with van der Waals surface area (Å²) in [4.78, 5) is 25.3. The zero-order valence-corrected chi connectivity index (χ0v) is 38.2. The maximum absolute atomic E-state index is 12.8. The van der Waals surface area contributed by atoms with Gasteiger partial charge in [0.25, 0.3) is 7.82 Å². The first-order valence-electron chi connectivity index (χ1n) is 22.8. The third-order valence-corrected chi connectivity index (χ3v) is 10.6. The van der Waals surface area contributed by atoms with E-state index < -0.39 is 26.6 Å². The molecular formula is C48H87N2O6P. The number of aliphatic hydroxyl groups excluding tert-OH is 1. The van der Waals surface area contributed by atoms with Crippen LogP contribution in [0.2, 0.25) is 0 Å². The second-order valence-corrected chi connectivity index (χ2v) is 17.8. The Morgan fingerprint density at radius 1 is 0.632 bits per heavy atom. The van der Waals surface area contributed by atoms with Crippen LogP contribution in [0.5, 0.6) is 0 Å². The summed E-state index contributed by atoms with van der Waals surface area (Å²) in [5.41, 5.74) is 0. The highest BCUT2D eigenvalue weighted by molar-refractivity contribution is 7.45. The Morgan fingerprint density at radius 2 is 1.09 bits per heavy atom. The first-order valence-corrected chi connectivity index (χ1v) is 24.3. The third kappa shape index (κ3) is 41.9. The lowest BCUT2D eigenvalue weighted by Gasteiger charge is -2.29.